The molecule has 0 radical (unpaired) electrons. The van der Waals surface area contributed by atoms with Gasteiger partial charge in [0.15, 0.2) is 0 Å². The molecule has 2 saturated heterocycles. The molecule has 1 spiro atoms. The van der Waals surface area contributed by atoms with Crippen molar-refractivity contribution in [2.45, 2.75) is 62.4 Å². The zero-order chi connectivity index (χ0) is 13.6. The Morgan fingerprint density at radius 2 is 2.05 bits per heavy atom. The number of hydrogen-bond donors (Lipinski definition) is 1. The first-order valence-electron chi connectivity index (χ1n) is 7.13. The maximum atomic E-state index is 11.8. The first-order chi connectivity index (χ1) is 8.81. The van der Waals surface area contributed by atoms with Crippen LogP contribution in [0.5, 0.6) is 0 Å². The summed E-state index contributed by atoms with van der Waals surface area (Å²) in [4.78, 5) is 11.8. The largest absolute Gasteiger partial charge is 0.458 e. The van der Waals surface area contributed by atoms with Crippen molar-refractivity contribution in [2.75, 3.05) is 0 Å². The molecule has 0 aromatic rings. The lowest BCUT2D eigenvalue weighted by Gasteiger charge is -2.33. The molecule has 1 N–H and O–H groups in total. The third-order valence-electron chi connectivity index (χ3n) is 6.05. The van der Waals surface area contributed by atoms with E-state index in [1.54, 1.807) is 0 Å². The number of aliphatic hydroxyl groups is 1. The average molecular weight is 264 g/mol. The zero-order valence-electron chi connectivity index (χ0n) is 11.4. The lowest BCUT2D eigenvalue weighted by molar-refractivity contribution is -0.147. The van der Waals surface area contributed by atoms with Gasteiger partial charge in [-0.3, -0.25) is 0 Å². The Kier molecular flexibility index (Phi) is 1.92. The second kappa shape index (κ2) is 3.07. The molecule has 2 saturated carbocycles. The fourth-order valence-corrected chi connectivity index (χ4v) is 4.92. The highest BCUT2D eigenvalue weighted by Crippen LogP contribution is 2.69. The molecule has 4 nitrogen and oxygen atoms in total. The topological polar surface area (TPSA) is 59.1 Å². The number of hydrogen-bond acceptors (Lipinski definition) is 4. The predicted octanol–water partition coefficient (Wildman–Crippen LogP) is 1.57. The molecule has 0 bridgehead atoms. The van der Waals surface area contributed by atoms with Crippen LogP contribution in [0.2, 0.25) is 0 Å². The molecule has 2 aliphatic carbocycles. The van der Waals surface area contributed by atoms with Crippen molar-refractivity contribution < 1.29 is 19.4 Å². The highest BCUT2D eigenvalue weighted by molar-refractivity contribution is 5.91. The smallest absolute Gasteiger partial charge is 0.334 e. The van der Waals surface area contributed by atoms with Gasteiger partial charge in [-0.25, -0.2) is 4.79 Å². The molecular formula is C15H20O4. The molecule has 4 rings (SSSR count). The van der Waals surface area contributed by atoms with Crippen LogP contribution in [0.4, 0.5) is 0 Å². The Balaban J connectivity index is 1.82. The Morgan fingerprint density at radius 3 is 2.79 bits per heavy atom. The van der Waals surface area contributed by atoms with Crippen LogP contribution in [0.1, 0.15) is 39.5 Å². The van der Waals surface area contributed by atoms with Crippen LogP contribution < -0.4 is 0 Å². The molecule has 0 aromatic heterocycles. The van der Waals surface area contributed by atoms with E-state index in [0.717, 1.165) is 19.3 Å². The lowest BCUT2D eigenvalue weighted by atomic mass is 9.76. The molecule has 0 aromatic carbocycles. The summed E-state index contributed by atoms with van der Waals surface area (Å²) < 4.78 is 11.7. The summed E-state index contributed by atoms with van der Waals surface area (Å²) in [5.41, 5.74) is -0.695. The highest BCUT2D eigenvalue weighted by Gasteiger charge is 2.79. The number of fused-ring (bicyclic) bond motifs is 2. The maximum Gasteiger partial charge on any atom is 0.334 e. The minimum absolute atomic E-state index is 0.0483. The van der Waals surface area contributed by atoms with Crippen molar-refractivity contribution in [3.8, 4) is 0 Å². The van der Waals surface area contributed by atoms with E-state index in [1.165, 1.54) is 0 Å². The number of carbonyl (C=O) groups is 1. The number of rotatable bonds is 0. The normalized spacial score (nSPS) is 59.0. The van der Waals surface area contributed by atoms with Crippen molar-refractivity contribution >= 4 is 5.97 Å². The molecule has 4 aliphatic rings. The van der Waals surface area contributed by atoms with Gasteiger partial charge in [0.2, 0.25) is 0 Å². The van der Waals surface area contributed by atoms with Crippen LogP contribution >= 0.6 is 0 Å². The molecule has 104 valence electrons. The van der Waals surface area contributed by atoms with Crippen molar-refractivity contribution in [3.63, 3.8) is 0 Å². The first-order valence-corrected chi connectivity index (χ1v) is 7.13. The van der Waals surface area contributed by atoms with Crippen molar-refractivity contribution in [1.29, 1.82) is 0 Å². The number of carbonyl (C=O) groups excluding carboxylic acids is 1. The molecular weight excluding hydrogens is 244 g/mol. The van der Waals surface area contributed by atoms with Crippen LogP contribution in [0.3, 0.4) is 0 Å². The predicted molar refractivity (Wildman–Crippen MR) is 67.3 cm³/mol. The molecule has 0 amide bonds. The average Bonchev–Trinajstić information content (AvgIpc) is 2.70. The minimum atomic E-state index is -0.823. The van der Waals surface area contributed by atoms with Crippen molar-refractivity contribution in [2.24, 2.45) is 11.8 Å². The second-order valence-corrected chi connectivity index (χ2v) is 7.10. The summed E-state index contributed by atoms with van der Waals surface area (Å²) in [7, 11) is 0. The van der Waals surface area contributed by atoms with Gasteiger partial charge >= 0.3 is 5.97 Å². The summed E-state index contributed by atoms with van der Waals surface area (Å²) in [6, 6.07) is 0. The van der Waals surface area contributed by atoms with Gasteiger partial charge in [-0.1, -0.05) is 6.58 Å². The van der Waals surface area contributed by atoms with E-state index in [1.807, 2.05) is 6.92 Å². The van der Waals surface area contributed by atoms with Gasteiger partial charge in [0.1, 0.15) is 11.7 Å². The van der Waals surface area contributed by atoms with E-state index in [-0.39, 0.29) is 35.1 Å². The fraction of sp³-hybridized carbons (Fsp3) is 0.800. The van der Waals surface area contributed by atoms with Gasteiger partial charge in [-0.2, -0.15) is 0 Å². The van der Waals surface area contributed by atoms with Gasteiger partial charge < -0.3 is 14.6 Å². The van der Waals surface area contributed by atoms with Crippen LogP contribution in [0, 0.1) is 11.8 Å². The quantitative estimate of drug-likeness (QED) is 0.410. The van der Waals surface area contributed by atoms with E-state index < -0.39 is 5.60 Å². The molecule has 6 atom stereocenters. The van der Waals surface area contributed by atoms with E-state index in [4.69, 9.17) is 9.47 Å². The number of epoxide rings is 1. The molecule has 2 aliphatic heterocycles. The Labute approximate surface area is 112 Å². The summed E-state index contributed by atoms with van der Waals surface area (Å²) in [5, 5.41) is 10.7. The fourth-order valence-electron chi connectivity index (χ4n) is 4.92. The number of esters is 1. The first kappa shape index (κ1) is 11.9. The van der Waals surface area contributed by atoms with Gasteiger partial charge in [-0.15, -0.1) is 0 Å². The third kappa shape index (κ3) is 1.20. The number of ether oxygens (including phenoxy) is 2. The summed E-state index contributed by atoms with van der Waals surface area (Å²) in [6.45, 7) is 7.87. The van der Waals surface area contributed by atoms with Gasteiger partial charge in [0, 0.05) is 11.5 Å². The van der Waals surface area contributed by atoms with E-state index in [9.17, 15) is 9.90 Å². The third-order valence-corrected chi connectivity index (χ3v) is 6.05. The van der Waals surface area contributed by atoms with Crippen LogP contribution in [0.25, 0.3) is 0 Å². The lowest BCUT2D eigenvalue weighted by Crippen LogP contribution is -2.46. The SMILES string of the molecule is C=C1C(=O)OC2C1CCC1(C)OC13CCC(C)(O)C23. The summed E-state index contributed by atoms with van der Waals surface area (Å²) in [5.74, 6) is -0.370. The van der Waals surface area contributed by atoms with Crippen molar-refractivity contribution in [3.05, 3.63) is 12.2 Å². The van der Waals surface area contributed by atoms with Crippen molar-refractivity contribution in [1.82, 2.24) is 0 Å². The molecule has 6 unspecified atom stereocenters. The van der Waals surface area contributed by atoms with E-state index in [0.29, 0.717) is 12.0 Å². The molecule has 19 heavy (non-hydrogen) atoms. The Morgan fingerprint density at radius 1 is 1.32 bits per heavy atom. The highest BCUT2D eigenvalue weighted by atomic mass is 16.6. The minimum Gasteiger partial charge on any atom is -0.458 e. The molecule has 2 heterocycles. The van der Waals surface area contributed by atoms with Crippen LogP contribution in [-0.4, -0.2) is 34.0 Å². The Hall–Kier alpha value is -0.870. The van der Waals surface area contributed by atoms with Crippen LogP contribution in [0.15, 0.2) is 12.2 Å². The monoisotopic (exact) mass is 264 g/mol. The van der Waals surface area contributed by atoms with E-state index in [2.05, 4.69) is 13.5 Å². The molecule has 4 fully saturated rings. The van der Waals surface area contributed by atoms with Gasteiger partial charge in [0.05, 0.1) is 17.1 Å². The summed E-state index contributed by atoms with van der Waals surface area (Å²) in [6.07, 6.45) is 3.08. The maximum absolute atomic E-state index is 11.8. The summed E-state index contributed by atoms with van der Waals surface area (Å²) >= 11 is 0. The van der Waals surface area contributed by atoms with Crippen LogP contribution in [-0.2, 0) is 14.3 Å². The molecule has 4 heteroatoms. The standard InChI is InChI=1S/C15H20O4/c1-8-9-4-5-14(3)15(19-14)7-6-13(2,17)11(15)10(9)18-12(8)16/h9-11,17H,1,4-7H2,2-3H3. The van der Waals surface area contributed by atoms with Gasteiger partial charge in [-0.05, 0) is 39.5 Å². The zero-order valence-corrected chi connectivity index (χ0v) is 11.4. The van der Waals surface area contributed by atoms with Gasteiger partial charge in [0.25, 0.3) is 0 Å². The Bertz CT molecular complexity index is 496. The van der Waals surface area contributed by atoms with E-state index >= 15 is 0 Å². The second-order valence-electron chi connectivity index (χ2n) is 7.10.